The Labute approximate surface area is 105 Å². The molecule has 7 heteroatoms. The number of hydrogen-bond acceptors (Lipinski definition) is 4. The van der Waals surface area contributed by atoms with E-state index in [4.69, 9.17) is 0 Å². The van der Waals surface area contributed by atoms with E-state index in [0.29, 0.717) is 6.54 Å². The van der Waals surface area contributed by atoms with Crippen molar-refractivity contribution in [2.24, 2.45) is 7.05 Å². The average Bonchev–Trinajstić information content (AvgIpc) is 2.85. The molecule has 2 heterocycles. The standard InChI is InChI=1S/C9H14N4OS.ClH/c1-13-7(2-3-12-13)4-10-9(14)8-5-15-6-11-8;/h2-3,8,11H,4-6H2,1H3,(H,10,14);1H/t8-;/m1./s1. The Kier molecular flexibility index (Phi) is 5.11. The predicted molar refractivity (Wildman–Crippen MR) is 66.6 cm³/mol. The molecule has 1 saturated heterocycles. The van der Waals surface area contributed by atoms with Gasteiger partial charge in [0.25, 0.3) is 0 Å². The Morgan fingerprint density at radius 3 is 3.19 bits per heavy atom. The SMILES string of the molecule is Cl.Cn1nccc1CNC(=O)[C@H]1CSCN1. The molecule has 2 N–H and O–H groups in total. The van der Waals surface area contributed by atoms with Crippen LogP contribution >= 0.6 is 24.2 Å². The van der Waals surface area contributed by atoms with Crippen molar-refractivity contribution in [3.8, 4) is 0 Å². The maximum atomic E-state index is 11.6. The molecular formula is C9H15ClN4OS. The Morgan fingerprint density at radius 2 is 2.62 bits per heavy atom. The first-order valence-corrected chi connectivity index (χ1v) is 5.98. The van der Waals surface area contributed by atoms with Crippen molar-refractivity contribution in [1.82, 2.24) is 20.4 Å². The number of rotatable bonds is 3. The second kappa shape index (κ2) is 6.12. The minimum absolute atomic E-state index is 0. The zero-order chi connectivity index (χ0) is 10.7. The van der Waals surface area contributed by atoms with Crippen molar-refractivity contribution in [3.63, 3.8) is 0 Å². The van der Waals surface area contributed by atoms with Gasteiger partial charge in [-0.15, -0.1) is 24.2 Å². The number of amides is 1. The lowest BCUT2D eigenvalue weighted by Gasteiger charge is -2.10. The lowest BCUT2D eigenvalue weighted by molar-refractivity contribution is -0.122. The maximum Gasteiger partial charge on any atom is 0.238 e. The fourth-order valence-electron chi connectivity index (χ4n) is 1.44. The van der Waals surface area contributed by atoms with Crippen LogP contribution in [0.2, 0.25) is 0 Å². The summed E-state index contributed by atoms with van der Waals surface area (Å²) in [5.41, 5.74) is 1.01. The number of nitrogens with zero attached hydrogens (tertiary/aromatic N) is 2. The summed E-state index contributed by atoms with van der Waals surface area (Å²) in [6, 6.07) is 1.86. The third kappa shape index (κ3) is 3.13. The first kappa shape index (κ1) is 13.3. The van der Waals surface area contributed by atoms with Crippen molar-refractivity contribution in [3.05, 3.63) is 18.0 Å². The van der Waals surface area contributed by atoms with Gasteiger partial charge in [-0.05, 0) is 6.07 Å². The van der Waals surface area contributed by atoms with Gasteiger partial charge in [0.05, 0.1) is 18.3 Å². The molecule has 1 aromatic rings. The summed E-state index contributed by atoms with van der Waals surface area (Å²) in [6.45, 7) is 0.540. The topological polar surface area (TPSA) is 59.0 Å². The van der Waals surface area contributed by atoms with Gasteiger partial charge in [-0.2, -0.15) is 5.10 Å². The molecule has 0 aliphatic carbocycles. The zero-order valence-corrected chi connectivity index (χ0v) is 10.6. The molecule has 90 valence electrons. The number of nitrogens with one attached hydrogen (secondary N) is 2. The molecule has 1 amide bonds. The average molecular weight is 263 g/mol. The van der Waals surface area contributed by atoms with E-state index >= 15 is 0 Å². The summed E-state index contributed by atoms with van der Waals surface area (Å²) in [5.74, 6) is 1.79. The highest BCUT2D eigenvalue weighted by Gasteiger charge is 2.21. The van der Waals surface area contributed by atoms with Gasteiger partial charge in [-0.25, -0.2) is 0 Å². The lowest BCUT2D eigenvalue weighted by atomic mass is 10.3. The summed E-state index contributed by atoms with van der Waals surface area (Å²) < 4.78 is 1.76. The Morgan fingerprint density at radius 1 is 1.81 bits per heavy atom. The van der Waals surface area contributed by atoms with Crippen LogP contribution in [-0.2, 0) is 18.4 Å². The van der Waals surface area contributed by atoms with E-state index < -0.39 is 0 Å². The van der Waals surface area contributed by atoms with Crippen LogP contribution in [0.4, 0.5) is 0 Å². The van der Waals surface area contributed by atoms with E-state index in [1.54, 1.807) is 22.6 Å². The molecule has 1 fully saturated rings. The van der Waals surface area contributed by atoms with E-state index in [-0.39, 0.29) is 24.4 Å². The van der Waals surface area contributed by atoms with Crippen LogP contribution in [0.25, 0.3) is 0 Å². The van der Waals surface area contributed by atoms with Crippen LogP contribution in [0.1, 0.15) is 5.69 Å². The van der Waals surface area contributed by atoms with E-state index in [2.05, 4.69) is 15.7 Å². The van der Waals surface area contributed by atoms with E-state index in [0.717, 1.165) is 17.3 Å². The van der Waals surface area contributed by atoms with Crippen LogP contribution in [-0.4, -0.2) is 33.4 Å². The molecule has 0 saturated carbocycles. The highest BCUT2D eigenvalue weighted by atomic mass is 35.5. The van der Waals surface area contributed by atoms with Crippen LogP contribution < -0.4 is 10.6 Å². The summed E-state index contributed by atoms with van der Waals surface area (Å²) in [5, 5.41) is 10.1. The summed E-state index contributed by atoms with van der Waals surface area (Å²) >= 11 is 1.75. The number of carbonyl (C=O) groups is 1. The number of hydrogen-bond donors (Lipinski definition) is 2. The van der Waals surface area contributed by atoms with Crippen LogP contribution in [0.15, 0.2) is 12.3 Å². The van der Waals surface area contributed by atoms with Gasteiger partial charge in [0.2, 0.25) is 5.91 Å². The number of aryl methyl sites for hydroxylation is 1. The molecule has 5 nitrogen and oxygen atoms in total. The maximum absolute atomic E-state index is 11.6. The van der Waals surface area contributed by atoms with E-state index in [1.807, 2.05) is 13.1 Å². The molecule has 0 unspecified atom stereocenters. The molecule has 1 aliphatic rings. The second-order valence-electron chi connectivity index (χ2n) is 3.44. The number of thioether (sulfide) groups is 1. The molecule has 1 aliphatic heterocycles. The number of carbonyl (C=O) groups excluding carboxylic acids is 1. The molecular weight excluding hydrogens is 248 g/mol. The Hall–Kier alpha value is -0.720. The molecule has 0 radical (unpaired) electrons. The van der Waals surface area contributed by atoms with Gasteiger partial charge in [0.15, 0.2) is 0 Å². The summed E-state index contributed by atoms with van der Waals surface area (Å²) in [4.78, 5) is 11.6. The minimum atomic E-state index is -0.0387. The monoisotopic (exact) mass is 262 g/mol. The van der Waals surface area contributed by atoms with E-state index in [1.165, 1.54) is 0 Å². The normalized spacial score (nSPS) is 19.2. The molecule has 16 heavy (non-hydrogen) atoms. The first-order chi connectivity index (χ1) is 7.27. The van der Waals surface area contributed by atoms with Gasteiger partial charge < -0.3 is 5.32 Å². The fourth-order valence-corrected chi connectivity index (χ4v) is 2.38. The fraction of sp³-hybridized carbons (Fsp3) is 0.556. The van der Waals surface area contributed by atoms with Gasteiger partial charge in [-0.1, -0.05) is 0 Å². The molecule has 0 spiro atoms. The van der Waals surface area contributed by atoms with Crippen LogP contribution in [0.5, 0.6) is 0 Å². The smallest absolute Gasteiger partial charge is 0.238 e. The van der Waals surface area contributed by atoms with Crippen LogP contribution in [0.3, 0.4) is 0 Å². The van der Waals surface area contributed by atoms with Crippen molar-refractivity contribution in [2.45, 2.75) is 12.6 Å². The van der Waals surface area contributed by atoms with Crippen molar-refractivity contribution < 1.29 is 4.79 Å². The molecule has 1 aromatic heterocycles. The minimum Gasteiger partial charge on any atom is -0.349 e. The second-order valence-corrected chi connectivity index (χ2v) is 4.47. The predicted octanol–water partition coefficient (Wildman–Crippen LogP) is 0.121. The molecule has 0 aromatic carbocycles. The lowest BCUT2D eigenvalue weighted by Crippen LogP contribution is -2.41. The largest absolute Gasteiger partial charge is 0.349 e. The quantitative estimate of drug-likeness (QED) is 0.813. The van der Waals surface area contributed by atoms with Gasteiger partial charge >= 0.3 is 0 Å². The number of halogens is 1. The third-order valence-corrected chi connectivity index (χ3v) is 3.34. The molecule has 0 bridgehead atoms. The van der Waals surface area contributed by atoms with Crippen molar-refractivity contribution >= 4 is 30.1 Å². The highest BCUT2D eigenvalue weighted by Crippen LogP contribution is 2.09. The first-order valence-electron chi connectivity index (χ1n) is 4.83. The third-order valence-electron chi connectivity index (χ3n) is 2.40. The number of aromatic nitrogens is 2. The van der Waals surface area contributed by atoms with Gasteiger partial charge in [-0.3, -0.25) is 14.8 Å². The highest BCUT2D eigenvalue weighted by molar-refractivity contribution is 7.99. The Bertz CT molecular complexity index is 351. The van der Waals surface area contributed by atoms with Crippen molar-refractivity contribution in [2.75, 3.05) is 11.6 Å². The van der Waals surface area contributed by atoms with E-state index in [9.17, 15) is 4.79 Å². The molecule has 1 atom stereocenters. The summed E-state index contributed by atoms with van der Waals surface area (Å²) in [6.07, 6.45) is 1.73. The molecule has 2 rings (SSSR count). The van der Waals surface area contributed by atoms with Crippen LogP contribution in [0, 0.1) is 0 Å². The summed E-state index contributed by atoms with van der Waals surface area (Å²) in [7, 11) is 1.87. The van der Waals surface area contributed by atoms with Crippen molar-refractivity contribution in [1.29, 1.82) is 0 Å². The van der Waals surface area contributed by atoms with Gasteiger partial charge in [0, 0.05) is 24.9 Å². The zero-order valence-electron chi connectivity index (χ0n) is 8.97. The Balaban J connectivity index is 0.00000128. The van der Waals surface area contributed by atoms with Gasteiger partial charge in [0.1, 0.15) is 0 Å².